The molecule has 2 atom stereocenters. The molecule has 1 amide bonds. The molecule has 1 aliphatic carbocycles. The fraction of sp³-hybridized carbons (Fsp3) is 0.571. The van der Waals surface area contributed by atoms with Gasteiger partial charge in [-0.3, -0.25) is 0 Å². The van der Waals surface area contributed by atoms with Gasteiger partial charge in [0.1, 0.15) is 6.10 Å². The molecule has 8 heteroatoms. The van der Waals surface area contributed by atoms with Gasteiger partial charge in [0.2, 0.25) is 10.0 Å². The zero-order chi connectivity index (χ0) is 20.9. The summed E-state index contributed by atoms with van der Waals surface area (Å²) in [6.07, 6.45) is 5.42. The van der Waals surface area contributed by atoms with Gasteiger partial charge in [-0.25, -0.2) is 17.9 Å². The molecule has 29 heavy (non-hydrogen) atoms. The van der Waals surface area contributed by atoms with E-state index in [0.717, 1.165) is 38.6 Å². The molecular formula is C21H31N3O4S. The van der Waals surface area contributed by atoms with Crippen LogP contribution in [0.4, 0.5) is 4.79 Å². The molecule has 7 nitrogen and oxygen atoms in total. The third kappa shape index (κ3) is 7.45. The van der Waals surface area contributed by atoms with Gasteiger partial charge >= 0.3 is 6.09 Å². The van der Waals surface area contributed by atoms with Crippen molar-refractivity contribution in [3.63, 3.8) is 0 Å². The van der Waals surface area contributed by atoms with Crippen LogP contribution in [0.3, 0.4) is 0 Å². The second-order valence-corrected chi connectivity index (χ2v) is 9.84. The number of amides is 1. The summed E-state index contributed by atoms with van der Waals surface area (Å²) in [4.78, 5) is 14.4. The van der Waals surface area contributed by atoms with Crippen LogP contribution >= 0.6 is 0 Å². The van der Waals surface area contributed by atoms with Crippen molar-refractivity contribution in [1.29, 1.82) is 0 Å². The summed E-state index contributed by atoms with van der Waals surface area (Å²) < 4.78 is 30.3. The highest BCUT2D eigenvalue weighted by molar-refractivity contribution is 7.88. The molecule has 3 rings (SSSR count). The highest BCUT2D eigenvalue weighted by atomic mass is 32.2. The number of carbonyl (C=O) groups excluding carboxylic acids is 1. The molecule has 1 saturated heterocycles. The Kier molecular flexibility index (Phi) is 7.32. The third-order valence-electron chi connectivity index (χ3n) is 5.47. The molecule has 0 aromatic heterocycles. The maximum atomic E-state index is 12.2. The Bertz CT molecular complexity index is 818. The van der Waals surface area contributed by atoms with Crippen LogP contribution in [-0.4, -0.2) is 64.0 Å². The number of nitrogens with one attached hydrogen (secondary N) is 2. The smallest absolute Gasteiger partial charge is 0.407 e. The van der Waals surface area contributed by atoms with E-state index < -0.39 is 10.0 Å². The van der Waals surface area contributed by atoms with Crippen molar-refractivity contribution < 1.29 is 17.9 Å². The van der Waals surface area contributed by atoms with Crippen LogP contribution in [0, 0.1) is 5.92 Å². The topological polar surface area (TPSA) is 87.7 Å². The minimum Gasteiger partial charge on any atom is -0.446 e. The lowest BCUT2D eigenvalue weighted by molar-refractivity contribution is 0.0510. The second-order valence-electron chi connectivity index (χ2n) is 8.00. The monoisotopic (exact) mass is 421 g/mol. The van der Waals surface area contributed by atoms with Gasteiger partial charge in [-0.2, -0.15) is 0 Å². The van der Waals surface area contributed by atoms with Crippen LogP contribution in [0.25, 0.3) is 6.08 Å². The third-order valence-corrected chi connectivity index (χ3v) is 6.20. The maximum Gasteiger partial charge on any atom is 0.407 e. The summed E-state index contributed by atoms with van der Waals surface area (Å²) >= 11 is 0. The first kappa shape index (κ1) is 21.8. The summed E-state index contributed by atoms with van der Waals surface area (Å²) in [6, 6.07) is 10.4. The molecule has 1 aliphatic heterocycles. The number of alkyl carbamates (subject to hydrolysis) is 1. The molecule has 0 unspecified atom stereocenters. The van der Waals surface area contributed by atoms with Crippen LogP contribution in [0.2, 0.25) is 0 Å². The second kappa shape index (κ2) is 9.73. The zero-order valence-corrected chi connectivity index (χ0v) is 18.0. The highest BCUT2D eigenvalue weighted by Gasteiger charge is 2.40. The minimum absolute atomic E-state index is 0.0766. The number of hydrogen-bond acceptors (Lipinski definition) is 5. The molecule has 160 valence electrons. The Morgan fingerprint density at radius 1 is 1.24 bits per heavy atom. The average Bonchev–Trinajstić information content (AvgIpc) is 3.42. The van der Waals surface area contributed by atoms with E-state index in [1.807, 2.05) is 18.2 Å². The van der Waals surface area contributed by atoms with Crippen molar-refractivity contribution in [1.82, 2.24) is 14.9 Å². The van der Waals surface area contributed by atoms with Crippen molar-refractivity contribution in [2.24, 2.45) is 5.92 Å². The lowest BCUT2D eigenvalue weighted by Crippen LogP contribution is -2.42. The number of sulfonamides is 1. The Balaban J connectivity index is 1.33. The quantitative estimate of drug-likeness (QED) is 0.672. The molecule has 1 aromatic carbocycles. The van der Waals surface area contributed by atoms with Gasteiger partial charge in [0.15, 0.2) is 0 Å². The van der Waals surface area contributed by atoms with Crippen molar-refractivity contribution in [3.8, 4) is 0 Å². The SMILES string of the molecule is C/C(=C\c1ccccc1)[C@@H]1C[C@H]1NC(=O)OC1CCN(CCNS(C)(=O)=O)CC1. The maximum absolute atomic E-state index is 12.2. The lowest BCUT2D eigenvalue weighted by Gasteiger charge is -2.31. The van der Waals surface area contributed by atoms with Crippen molar-refractivity contribution in [2.75, 3.05) is 32.4 Å². The van der Waals surface area contributed by atoms with E-state index in [1.54, 1.807) is 0 Å². The molecule has 0 spiro atoms. The van der Waals surface area contributed by atoms with E-state index in [9.17, 15) is 13.2 Å². The van der Waals surface area contributed by atoms with Gasteiger partial charge in [0.25, 0.3) is 0 Å². The van der Waals surface area contributed by atoms with E-state index in [0.29, 0.717) is 19.0 Å². The number of hydrogen-bond donors (Lipinski definition) is 2. The van der Waals surface area contributed by atoms with Crippen LogP contribution in [0.1, 0.15) is 31.7 Å². The number of benzene rings is 1. The molecule has 0 radical (unpaired) electrons. The molecule has 2 aliphatic rings. The van der Waals surface area contributed by atoms with Crippen molar-refractivity contribution in [2.45, 2.75) is 38.3 Å². The first-order chi connectivity index (χ1) is 13.8. The van der Waals surface area contributed by atoms with Crippen molar-refractivity contribution in [3.05, 3.63) is 41.5 Å². The van der Waals surface area contributed by atoms with E-state index in [2.05, 4.69) is 40.1 Å². The highest BCUT2D eigenvalue weighted by Crippen LogP contribution is 2.38. The largest absolute Gasteiger partial charge is 0.446 e. The number of piperidine rings is 1. The minimum atomic E-state index is -3.14. The lowest BCUT2D eigenvalue weighted by atomic mass is 10.1. The molecule has 0 bridgehead atoms. The number of rotatable bonds is 8. The number of likely N-dealkylation sites (tertiary alicyclic amines) is 1. The Hall–Kier alpha value is -1.90. The summed E-state index contributed by atoms with van der Waals surface area (Å²) in [7, 11) is -3.14. The summed E-state index contributed by atoms with van der Waals surface area (Å²) in [5, 5.41) is 2.99. The number of nitrogens with zero attached hydrogens (tertiary/aromatic N) is 1. The average molecular weight is 422 g/mol. The van der Waals surface area contributed by atoms with Gasteiger partial charge in [-0.15, -0.1) is 0 Å². The summed E-state index contributed by atoms with van der Waals surface area (Å²) in [5.41, 5.74) is 2.45. The van der Waals surface area contributed by atoms with Crippen LogP contribution in [0.5, 0.6) is 0 Å². The van der Waals surface area contributed by atoms with Gasteiger partial charge in [0.05, 0.1) is 6.26 Å². The predicted octanol–water partition coefficient (Wildman–Crippen LogP) is 2.22. The normalized spacial score (nSPS) is 23.6. The van der Waals surface area contributed by atoms with Gasteiger partial charge in [-0.1, -0.05) is 42.0 Å². The molecular weight excluding hydrogens is 390 g/mol. The first-order valence-corrected chi connectivity index (χ1v) is 12.1. The first-order valence-electron chi connectivity index (χ1n) is 10.2. The standard InChI is InChI=1S/C21H31N3O4S/c1-16(14-17-6-4-3-5-7-17)19-15-20(19)23-21(25)28-18-8-11-24(12-9-18)13-10-22-29(2,26)27/h3-7,14,18-20,22H,8-13,15H2,1-2H3,(H,23,25)/b16-14+/t19-,20+/m0/s1. The van der Waals surface area contributed by atoms with Crippen LogP contribution in [0.15, 0.2) is 35.9 Å². The van der Waals surface area contributed by atoms with E-state index in [1.165, 1.54) is 11.1 Å². The van der Waals surface area contributed by atoms with Gasteiger partial charge in [0, 0.05) is 38.1 Å². The molecule has 1 aromatic rings. The molecule has 1 heterocycles. The van der Waals surface area contributed by atoms with Crippen LogP contribution < -0.4 is 10.0 Å². The van der Waals surface area contributed by atoms with E-state index in [-0.39, 0.29) is 18.2 Å². The summed E-state index contributed by atoms with van der Waals surface area (Å²) in [5.74, 6) is 0.381. The molecule has 2 fully saturated rings. The summed E-state index contributed by atoms with van der Waals surface area (Å²) in [6.45, 7) is 4.79. The van der Waals surface area contributed by atoms with Gasteiger partial charge < -0.3 is 15.0 Å². The Morgan fingerprint density at radius 3 is 2.59 bits per heavy atom. The van der Waals surface area contributed by atoms with E-state index >= 15 is 0 Å². The Labute approximate surface area is 173 Å². The fourth-order valence-electron chi connectivity index (χ4n) is 3.75. The fourth-order valence-corrected chi connectivity index (χ4v) is 4.22. The predicted molar refractivity (Wildman–Crippen MR) is 114 cm³/mol. The molecule has 1 saturated carbocycles. The van der Waals surface area contributed by atoms with Crippen molar-refractivity contribution >= 4 is 22.2 Å². The Morgan fingerprint density at radius 2 is 1.93 bits per heavy atom. The molecule has 2 N–H and O–H groups in total. The zero-order valence-electron chi connectivity index (χ0n) is 17.1. The van der Waals surface area contributed by atoms with Crippen LogP contribution in [-0.2, 0) is 14.8 Å². The number of carbonyl (C=O) groups is 1. The van der Waals surface area contributed by atoms with Gasteiger partial charge in [-0.05, 0) is 31.7 Å². The number of ether oxygens (including phenoxy) is 1. The van der Waals surface area contributed by atoms with E-state index in [4.69, 9.17) is 4.74 Å².